The van der Waals surface area contributed by atoms with Crippen molar-refractivity contribution in [2.24, 2.45) is 0 Å². The second kappa shape index (κ2) is 15.8. The molecule has 3 rings (SSSR count). The molecule has 250 valence electrons. The number of rotatable bonds is 13. The van der Waals surface area contributed by atoms with Gasteiger partial charge in [-0.1, -0.05) is 48.6 Å². The Morgan fingerprint density at radius 1 is 1.06 bits per heavy atom. The van der Waals surface area contributed by atoms with E-state index >= 15 is 0 Å². The van der Waals surface area contributed by atoms with Crippen LogP contribution in [0.15, 0.2) is 84.8 Å². The second-order valence-corrected chi connectivity index (χ2v) is 11.4. The van der Waals surface area contributed by atoms with Crippen LogP contribution in [0.25, 0.3) is 0 Å². The first kappa shape index (κ1) is 36.2. The topological polar surface area (TPSA) is 139 Å². The third-order valence-electron chi connectivity index (χ3n) is 6.62. The first-order valence-corrected chi connectivity index (χ1v) is 14.6. The van der Waals surface area contributed by atoms with Crippen molar-refractivity contribution in [3.05, 3.63) is 124 Å². The molecular formula is C34H38F2N4O7. The van der Waals surface area contributed by atoms with Gasteiger partial charge in [0, 0.05) is 24.4 Å². The van der Waals surface area contributed by atoms with Crippen molar-refractivity contribution in [1.29, 1.82) is 0 Å². The molecule has 0 aliphatic carbocycles. The fraction of sp³-hybridized carbons (Fsp3) is 0.294. The molecule has 3 N–H and O–H groups in total. The van der Waals surface area contributed by atoms with Crippen LogP contribution in [0, 0.1) is 11.6 Å². The number of hydrogen-bond acceptors (Lipinski definition) is 7. The highest BCUT2D eigenvalue weighted by Gasteiger charge is 2.34. The first-order valence-electron chi connectivity index (χ1n) is 14.6. The van der Waals surface area contributed by atoms with Gasteiger partial charge in [0.2, 0.25) is 5.43 Å². The Balaban J connectivity index is 2.30. The van der Waals surface area contributed by atoms with Crippen molar-refractivity contribution in [3.63, 3.8) is 0 Å². The molecule has 47 heavy (non-hydrogen) atoms. The summed E-state index contributed by atoms with van der Waals surface area (Å²) in [7, 11) is 0. The minimum atomic E-state index is -1.03. The Morgan fingerprint density at radius 3 is 2.32 bits per heavy atom. The lowest BCUT2D eigenvalue weighted by molar-refractivity contribution is 0.0525. The smallest absolute Gasteiger partial charge is 0.430 e. The number of carbonyl (C=O) groups excluding carboxylic acids is 3. The SMILES string of the molecule is C=CC(C)N(C(=O)OC(C)(C)C)n1cc(C(=O)NCc2ccc(F)cc2F)c(=O)c(OCc2ccccc2)c1C(=O)N[C@@H](C=C)CO. The molecule has 0 saturated carbocycles. The monoisotopic (exact) mass is 652 g/mol. The van der Waals surface area contributed by atoms with Gasteiger partial charge in [0.15, 0.2) is 11.4 Å². The molecule has 11 nitrogen and oxygen atoms in total. The Labute approximate surface area is 271 Å². The van der Waals surface area contributed by atoms with Crippen LogP contribution in [0.4, 0.5) is 13.6 Å². The van der Waals surface area contributed by atoms with E-state index in [1.165, 1.54) is 12.2 Å². The van der Waals surface area contributed by atoms with Crippen LogP contribution in [0.2, 0.25) is 0 Å². The zero-order chi connectivity index (χ0) is 34.9. The molecule has 2 aromatic carbocycles. The molecule has 3 amide bonds. The van der Waals surface area contributed by atoms with Gasteiger partial charge < -0.3 is 25.2 Å². The number of amides is 3. The first-order chi connectivity index (χ1) is 22.2. The lowest BCUT2D eigenvalue weighted by Gasteiger charge is -2.34. The number of aliphatic hydroxyl groups is 1. The highest BCUT2D eigenvalue weighted by molar-refractivity contribution is 5.99. The van der Waals surface area contributed by atoms with Crippen LogP contribution < -0.4 is 25.8 Å². The van der Waals surface area contributed by atoms with E-state index in [2.05, 4.69) is 23.8 Å². The summed E-state index contributed by atoms with van der Waals surface area (Å²) >= 11 is 0. The van der Waals surface area contributed by atoms with Gasteiger partial charge in [-0.15, -0.1) is 13.2 Å². The molecule has 0 aliphatic rings. The van der Waals surface area contributed by atoms with E-state index in [9.17, 15) is 33.1 Å². The maximum atomic E-state index is 14.3. The van der Waals surface area contributed by atoms with Gasteiger partial charge in [-0.05, 0) is 39.3 Å². The normalized spacial score (nSPS) is 12.3. The average Bonchev–Trinajstić information content (AvgIpc) is 3.02. The van der Waals surface area contributed by atoms with E-state index in [-0.39, 0.29) is 12.2 Å². The maximum Gasteiger partial charge on any atom is 0.430 e. The van der Waals surface area contributed by atoms with Crippen LogP contribution in [0.1, 0.15) is 59.7 Å². The van der Waals surface area contributed by atoms with Gasteiger partial charge in [-0.2, -0.15) is 0 Å². The second-order valence-electron chi connectivity index (χ2n) is 11.4. The van der Waals surface area contributed by atoms with Crippen molar-refractivity contribution in [1.82, 2.24) is 15.3 Å². The van der Waals surface area contributed by atoms with Crippen molar-refractivity contribution >= 4 is 17.9 Å². The number of ether oxygens (including phenoxy) is 2. The van der Waals surface area contributed by atoms with Crippen molar-refractivity contribution in [2.75, 3.05) is 11.6 Å². The molecule has 1 aromatic heterocycles. The predicted octanol–water partition coefficient (Wildman–Crippen LogP) is 4.36. The third kappa shape index (κ3) is 9.36. The number of nitrogens with one attached hydrogen (secondary N) is 2. The number of pyridine rings is 1. The minimum absolute atomic E-state index is 0.0632. The third-order valence-corrected chi connectivity index (χ3v) is 6.62. The van der Waals surface area contributed by atoms with Gasteiger partial charge >= 0.3 is 6.09 Å². The predicted molar refractivity (Wildman–Crippen MR) is 172 cm³/mol. The zero-order valence-corrected chi connectivity index (χ0v) is 26.6. The average molecular weight is 653 g/mol. The van der Waals surface area contributed by atoms with Crippen molar-refractivity contribution < 1.29 is 37.7 Å². The molecule has 0 saturated heterocycles. The Kier molecular flexibility index (Phi) is 12.2. The van der Waals surface area contributed by atoms with Crippen LogP contribution in [-0.4, -0.2) is 52.0 Å². The van der Waals surface area contributed by atoms with E-state index in [1.807, 2.05) is 0 Å². The maximum absolute atomic E-state index is 14.3. The highest BCUT2D eigenvalue weighted by Crippen LogP contribution is 2.22. The summed E-state index contributed by atoms with van der Waals surface area (Å²) in [6, 6.07) is 9.59. The highest BCUT2D eigenvalue weighted by atomic mass is 19.1. The fourth-order valence-electron chi connectivity index (χ4n) is 4.19. The Morgan fingerprint density at radius 2 is 1.74 bits per heavy atom. The molecule has 13 heteroatoms. The van der Waals surface area contributed by atoms with Gasteiger partial charge in [-0.3, -0.25) is 14.4 Å². The molecule has 0 radical (unpaired) electrons. The van der Waals surface area contributed by atoms with Crippen LogP contribution >= 0.6 is 0 Å². The number of hydrogen-bond donors (Lipinski definition) is 3. The molecular weight excluding hydrogens is 614 g/mol. The molecule has 2 atom stereocenters. The number of halogens is 2. The van der Waals surface area contributed by atoms with E-state index in [4.69, 9.17) is 9.47 Å². The van der Waals surface area contributed by atoms with Gasteiger partial charge in [0.25, 0.3) is 11.8 Å². The number of nitrogens with zero attached hydrogens (tertiary/aromatic N) is 2. The minimum Gasteiger partial charge on any atom is -0.482 e. The van der Waals surface area contributed by atoms with Crippen molar-refractivity contribution in [2.45, 2.75) is 58.5 Å². The number of benzene rings is 2. The van der Waals surface area contributed by atoms with Gasteiger partial charge in [-0.25, -0.2) is 23.3 Å². The quantitative estimate of drug-likeness (QED) is 0.233. The summed E-state index contributed by atoms with van der Waals surface area (Å²) in [6.45, 7) is 12.6. The molecule has 0 aliphatic heterocycles. The van der Waals surface area contributed by atoms with Crippen LogP contribution in [0.3, 0.4) is 0 Å². The summed E-state index contributed by atoms with van der Waals surface area (Å²) in [5, 5.41) is 15.6. The van der Waals surface area contributed by atoms with Crippen LogP contribution in [-0.2, 0) is 17.9 Å². The molecule has 3 aromatic rings. The number of aliphatic hydroxyl groups excluding tert-OH is 1. The van der Waals surface area contributed by atoms with E-state index < -0.39 is 82.8 Å². The molecule has 1 heterocycles. The molecule has 0 spiro atoms. The fourth-order valence-corrected chi connectivity index (χ4v) is 4.19. The Hall–Kier alpha value is -5.30. The molecule has 1 unspecified atom stereocenters. The summed E-state index contributed by atoms with van der Waals surface area (Å²) in [5.41, 5.74) is -2.59. The van der Waals surface area contributed by atoms with Gasteiger partial charge in [0.05, 0.1) is 18.7 Å². The lowest BCUT2D eigenvalue weighted by atomic mass is 10.1. The van der Waals surface area contributed by atoms with Crippen molar-refractivity contribution in [3.8, 4) is 5.75 Å². The van der Waals surface area contributed by atoms with E-state index in [0.717, 1.165) is 28.0 Å². The largest absolute Gasteiger partial charge is 0.482 e. The summed E-state index contributed by atoms with van der Waals surface area (Å²) in [4.78, 5) is 55.0. The van der Waals surface area contributed by atoms with E-state index in [0.29, 0.717) is 11.6 Å². The summed E-state index contributed by atoms with van der Waals surface area (Å²) in [6.07, 6.45) is 2.61. The number of aromatic nitrogens is 1. The van der Waals surface area contributed by atoms with E-state index in [1.54, 1.807) is 58.0 Å². The summed E-state index contributed by atoms with van der Waals surface area (Å²) < 4.78 is 40.2. The van der Waals surface area contributed by atoms with Crippen LogP contribution in [0.5, 0.6) is 5.75 Å². The zero-order valence-electron chi connectivity index (χ0n) is 26.6. The lowest BCUT2D eigenvalue weighted by Crippen LogP contribution is -2.52. The standard InChI is InChI=1S/C34H38F2N4O7/c1-7-21(3)40(33(45)47-34(4,5)6)39-18-26(31(43)37-17-23-14-15-24(35)16-27(23)36)29(42)30(46-20-22-12-10-9-11-13-22)28(39)32(44)38-25(8-2)19-41/h7-16,18,21,25,41H,1-2,17,19-20H2,3-6H3,(H,37,43)(H,38,44)/t21?,25-/m0/s1. The summed E-state index contributed by atoms with van der Waals surface area (Å²) in [5.74, 6) is -4.32. The molecule has 0 fully saturated rings. The molecule has 0 bridgehead atoms. The number of carbonyl (C=O) groups is 3. The Bertz CT molecular complexity index is 1690. The van der Waals surface area contributed by atoms with Gasteiger partial charge in [0.1, 0.15) is 29.4 Å².